The Balaban J connectivity index is 0.000000521. The summed E-state index contributed by atoms with van der Waals surface area (Å²) in [4.78, 5) is 16.9. The lowest BCUT2D eigenvalue weighted by atomic mass is 10.1. The number of benzene rings is 1. The van der Waals surface area contributed by atoms with Gasteiger partial charge < -0.3 is 14.8 Å². The van der Waals surface area contributed by atoms with E-state index in [1.807, 2.05) is 31.9 Å². The molecule has 3 aromatic rings. The van der Waals surface area contributed by atoms with Gasteiger partial charge in [0.25, 0.3) is 0 Å². The Kier molecular flexibility index (Phi) is 8.08. The molecule has 0 aliphatic carbocycles. The molecule has 2 aromatic heterocycles. The molecule has 0 saturated carbocycles. The normalized spacial score (nSPS) is 9.33. The Morgan fingerprint density at radius 2 is 1.71 bits per heavy atom. The largest absolute Gasteiger partial charge is 0.388 e. The number of anilines is 2. The molecule has 0 aliphatic heterocycles. The van der Waals surface area contributed by atoms with E-state index in [-0.39, 0.29) is 0 Å². The Morgan fingerprint density at radius 3 is 2.38 bits per heavy atom. The number of hydrogen-bond acceptors (Lipinski definition) is 5. The van der Waals surface area contributed by atoms with Crippen molar-refractivity contribution < 1.29 is 9.53 Å². The molecule has 0 saturated heterocycles. The third kappa shape index (κ3) is 5.44. The summed E-state index contributed by atoms with van der Waals surface area (Å²) < 4.78 is 4.25. The number of pyridine rings is 2. The zero-order valence-electron chi connectivity index (χ0n) is 14.5. The standard InChI is InChI=1S/C16H15N3.C2H6O.CH2O/c1-11-8-9-17-15(10-11)18-14-7-6-13-5-3-4-12(2)16(13)19-14;1-3-2;1-2/h3-10H,1-2H3,(H,17,18,19);1-2H3;1H2. The van der Waals surface area contributed by atoms with Crippen molar-refractivity contribution in [3.05, 3.63) is 59.8 Å². The summed E-state index contributed by atoms with van der Waals surface area (Å²) in [6, 6.07) is 14.2. The van der Waals surface area contributed by atoms with Crippen LogP contribution in [0.1, 0.15) is 11.1 Å². The smallest absolute Gasteiger partial charge is 0.132 e. The van der Waals surface area contributed by atoms with Gasteiger partial charge in [-0.2, -0.15) is 0 Å². The fourth-order valence-corrected chi connectivity index (χ4v) is 2.10. The number of carbonyl (C=O) groups is 1. The number of rotatable bonds is 2. The summed E-state index contributed by atoms with van der Waals surface area (Å²) >= 11 is 0. The van der Waals surface area contributed by atoms with E-state index in [4.69, 9.17) is 4.79 Å². The van der Waals surface area contributed by atoms with Crippen molar-refractivity contribution in [2.24, 2.45) is 0 Å². The average molecular weight is 325 g/mol. The first-order valence-electron chi connectivity index (χ1n) is 7.39. The first-order chi connectivity index (χ1) is 11.6. The number of nitrogens with one attached hydrogen (secondary N) is 1. The summed E-state index contributed by atoms with van der Waals surface area (Å²) in [6.07, 6.45) is 1.80. The van der Waals surface area contributed by atoms with E-state index in [2.05, 4.69) is 51.2 Å². The molecule has 0 atom stereocenters. The first-order valence-corrected chi connectivity index (χ1v) is 7.39. The topological polar surface area (TPSA) is 64.1 Å². The van der Waals surface area contributed by atoms with E-state index < -0.39 is 0 Å². The van der Waals surface area contributed by atoms with E-state index >= 15 is 0 Å². The van der Waals surface area contributed by atoms with Gasteiger partial charge in [0.05, 0.1) is 5.52 Å². The second-order valence-corrected chi connectivity index (χ2v) is 5.09. The number of carbonyl (C=O) groups excluding carboxylic acids is 1. The van der Waals surface area contributed by atoms with Gasteiger partial charge in [0.15, 0.2) is 0 Å². The second kappa shape index (κ2) is 10.1. The van der Waals surface area contributed by atoms with Crippen LogP contribution in [0.2, 0.25) is 0 Å². The van der Waals surface area contributed by atoms with Gasteiger partial charge in [-0.25, -0.2) is 9.97 Å². The fourth-order valence-electron chi connectivity index (χ4n) is 2.10. The summed E-state index contributed by atoms with van der Waals surface area (Å²) in [5.41, 5.74) is 3.38. The predicted molar refractivity (Wildman–Crippen MR) is 98.8 cm³/mol. The minimum atomic E-state index is 0.819. The Morgan fingerprint density at radius 1 is 1.00 bits per heavy atom. The third-order valence-electron chi connectivity index (χ3n) is 3.09. The molecule has 0 aliphatic rings. The molecule has 0 radical (unpaired) electrons. The van der Waals surface area contributed by atoms with Crippen molar-refractivity contribution in [2.75, 3.05) is 19.5 Å². The lowest BCUT2D eigenvalue weighted by Crippen LogP contribution is -1.96. The van der Waals surface area contributed by atoms with E-state index in [0.29, 0.717) is 0 Å². The summed E-state index contributed by atoms with van der Waals surface area (Å²) in [6.45, 7) is 6.12. The zero-order chi connectivity index (χ0) is 17.9. The molecular weight excluding hydrogens is 302 g/mol. The van der Waals surface area contributed by atoms with Gasteiger partial charge in [0, 0.05) is 25.8 Å². The Labute approximate surface area is 142 Å². The molecule has 0 unspecified atom stereocenters. The number of aromatic nitrogens is 2. The minimum Gasteiger partial charge on any atom is -0.388 e. The number of fused-ring (bicyclic) bond motifs is 1. The zero-order valence-corrected chi connectivity index (χ0v) is 14.5. The van der Waals surface area contributed by atoms with Crippen LogP contribution in [0.4, 0.5) is 11.6 Å². The number of ether oxygens (including phenoxy) is 1. The van der Waals surface area contributed by atoms with Gasteiger partial charge >= 0.3 is 0 Å². The number of para-hydroxylation sites is 1. The Bertz CT molecular complexity index is 775. The first kappa shape index (κ1) is 19.3. The maximum Gasteiger partial charge on any atom is 0.132 e. The minimum absolute atomic E-state index is 0.819. The molecule has 5 heteroatoms. The van der Waals surface area contributed by atoms with E-state index in [1.165, 1.54) is 11.1 Å². The number of hydrogen-bond donors (Lipinski definition) is 1. The lowest BCUT2D eigenvalue weighted by molar-refractivity contribution is -0.0979. The van der Waals surface area contributed by atoms with Gasteiger partial charge in [-0.1, -0.05) is 18.2 Å². The second-order valence-electron chi connectivity index (χ2n) is 5.09. The van der Waals surface area contributed by atoms with Gasteiger partial charge in [-0.3, -0.25) is 0 Å². The number of aryl methyl sites for hydroxylation is 2. The molecule has 2 heterocycles. The van der Waals surface area contributed by atoms with Crippen molar-refractivity contribution in [3.8, 4) is 0 Å². The molecule has 5 nitrogen and oxygen atoms in total. The van der Waals surface area contributed by atoms with E-state index in [0.717, 1.165) is 22.5 Å². The molecular formula is C19H23N3O2. The Hall–Kier alpha value is -2.79. The van der Waals surface area contributed by atoms with Crippen molar-refractivity contribution in [2.45, 2.75) is 13.8 Å². The van der Waals surface area contributed by atoms with Crippen LogP contribution in [0.5, 0.6) is 0 Å². The van der Waals surface area contributed by atoms with Crippen LogP contribution in [0.15, 0.2) is 48.7 Å². The molecule has 0 fully saturated rings. The van der Waals surface area contributed by atoms with E-state index in [1.54, 1.807) is 20.4 Å². The van der Waals surface area contributed by atoms with E-state index in [9.17, 15) is 0 Å². The van der Waals surface area contributed by atoms with Crippen molar-refractivity contribution in [1.29, 1.82) is 0 Å². The maximum absolute atomic E-state index is 8.00. The lowest BCUT2D eigenvalue weighted by Gasteiger charge is -2.07. The molecule has 0 bridgehead atoms. The average Bonchev–Trinajstić information content (AvgIpc) is 2.58. The van der Waals surface area contributed by atoms with Gasteiger partial charge in [0.1, 0.15) is 18.4 Å². The molecule has 1 N–H and O–H groups in total. The molecule has 3 rings (SSSR count). The van der Waals surface area contributed by atoms with Crippen LogP contribution < -0.4 is 5.32 Å². The summed E-state index contributed by atoms with van der Waals surface area (Å²) in [5.74, 6) is 1.64. The van der Waals surface area contributed by atoms with Crippen molar-refractivity contribution in [3.63, 3.8) is 0 Å². The highest BCUT2D eigenvalue weighted by Crippen LogP contribution is 2.20. The van der Waals surface area contributed by atoms with Gasteiger partial charge in [-0.15, -0.1) is 0 Å². The van der Waals surface area contributed by atoms with Crippen LogP contribution in [0, 0.1) is 13.8 Å². The molecule has 24 heavy (non-hydrogen) atoms. The summed E-state index contributed by atoms with van der Waals surface area (Å²) in [7, 11) is 3.25. The highest BCUT2D eigenvalue weighted by atomic mass is 16.4. The van der Waals surface area contributed by atoms with Crippen LogP contribution in [0.25, 0.3) is 10.9 Å². The highest BCUT2D eigenvalue weighted by molar-refractivity contribution is 5.83. The van der Waals surface area contributed by atoms with Crippen LogP contribution >= 0.6 is 0 Å². The number of nitrogens with zero attached hydrogens (tertiary/aromatic N) is 2. The molecule has 0 amide bonds. The summed E-state index contributed by atoms with van der Waals surface area (Å²) in [5, 5.41) is 4.40. The number of methoxy groups -OCH3 is 1. The highest BCUT2D eigenvalue weighted by Gasteiger charge is 2.02. The quantitative estimate of drug-likeness (QED) is 0.769. The third-order valence-corrected chi connectivity index (χ3v) is 3.09. The van der Waals surface area contributed by atoms with Crippen LogP contribution in [0.3, 0.4) is 0 Å². The van der Waals surface area contributed by atoms with Crippen LogP contribution in [-0.4, -0.2) is 31.0 Å². The monoisotopic (exact) mass is 325 g/mol. The van der Waals surface area contributed by atoms with Gasteiger partial charge in [0.2, 0.25) is 0 Å². The molecule has 0 spiro atoms. The van der Waals surface area contributed by atoms with Gasteiger partial charge in [-0.05, 0) is 49.2 Å². The van der Waals surface area contributed by atoms with Crippen molar-refractivity contribution >= 4 is 29.3 Å². The fraction of sp³-hybridized carbons (Fsp3) is 0.211. The molecule has 1 aromatic carbocycles. The van der Waals surface area contributed by atoms with Crippen molar-refractivity contribution in [1.82, 2.24) is 9.97 Å². The maximum atomic E-state index is 8.00. The predicted octanol–water partition coefficient (Wildman–Crippen LogP) is 4.07. The SMILES string of the molecule is C=O.COC.Cc1ccnc(Nc2ccc3cccc(C)c3n2)c1. The van der Waals surface area contributed by atoms with Crippen LogP contribution in [-0.2, 0) is 9.53 Å². The molecule has 126 valence electrons.